The molecule has 0 N–H and O–H groups in total. The number of hydrogen-bond acceptors (Lipinski definition) is 2. The Labute approximate surface area is 87.6 Å². The molecule has 1 aliphatic rings. The fourth-order valence-corrected chi connectivity index (χ4v) is 2.13. The average Bonchev–Trinajstić information content (AvgIpc) is 2.78. The molecule has 0 spiro atoms. The van der Waals surface area contributed by atoms with Gasteiger partial charge in [0.25, 0.3) is 0 Å². The van der Waals surface area contributed by atoms with Crippen LogP contribution in [0.25, 0.3) is 11.3 Å². The van der Waals surface area contributed by atoms with E-state index in [1.54, 1.807) is 0 Å². The minimum absolute atomic E-state index is 0.212. The van der Waals surface area contributed by atoms with Crippen molar-refractivity contribution in [1.82, 2.24) is 0 Å². The second-order valence-corrected chi connectivity index (χ2v) is 3.75. The van der Waals surface area contributed by atoms with Crippen molar-refractivity contribution in [3.63, 3.8) is 0 Å². The second kappa shape index (κ2) is 3.12. The van der Waals surface area contributed by atoms with Gasteiger partial charge in [0.1, 0.15) is 5.95 Å². The number of fused-ring (bicyclic) bond motifs is 1. The Kier molecular flexibility index (Phi) is 1.78. The van der Waals surface area contributed by atoms with Crippen LogP contribution in [0.2, 0.25) is 0 Å². The van der Waals surface area contributed by atoms with Gasteiger partial charge in [0.05, 0.1) is 0 Å². The first-order valence-corrected chi connectivity index (χ1v) is 5.14. The van der Waals surface area contributed by atoms with Gasteiger partial charge >= 0.3 is 0 Å². The molecule has 0 amide bonds. The minimum atomic E-state index is -0.212. The Hall–Kier alpha value is -1.77. The van der Waals surface area contributed by atoms with Crippen LogP contribution >= 0.6 is 0 Å². The highest BCUT2D eigenvalue weighted by Crippen LogP contribution is 2.28. The van der Waals surface area contributed by atoms with Crippen molar-refractivity contribution < 1.29 is 14.1 Å². The van der Waals surface area contributed by atoms with Crippen molar-refractivity contribution >= 4 is 0 Å². The summed E-state index contributed by atoms with van der Waals surface area (Å²) in [6.45, 7) is 0.894. The first-order chi connectivity index (χ1) is 7.36. The summed E-state index contributed by atoms with van der Waals surface area (Å²) in [5, 5.41) is 11.7. The van der Waals surface area contributed by atoms with Crippen LogP contribution in [0.15, 0.2) is 34.7 Å². The Morgan fingerprint density at radius 3 is 2.80 bits per heavy atom. The van der Waals surface area contributed by atoms with Gasteiger partial charge in [-0.15, -0.1) is 0 Å². The molecule has 2 aromatic rings. The van der Waals surface area contributed by atoms with Crippen molar-refractivity contribution in [3.8, 4) is 17.2 Å². The monoisotopic (exact) mass is 201 g/mol. The smallest absolute Gasteiger partial charge is 0.237 e. The molecule has 15 heavy (non-hydrogen) atoms. The van der Waals surface area contributed by atoms with Gasteiger partial charge in [-0.2, -0.15) is 4.57 Å². The number of aromatic nitrogens is 1. The van der Waals surface area contributed by atoms with E-state index in [9.17, 15) is 5.11 Å². The summed E-state index contributed by atoms with van der Waals surface area (Å²) in [6, 6.07) is 9.70. The largest absolute Gasteiger partial charge is 0.540 e. The molecule has 0 atom stereocenters. The van der Waals surface area contributed by atoms with E-state index in [4.69, 9.17) is 4.42 Å². The van der Waals surface area contributed by atoms with E-state index >= 15 is 0 Å². The zero-order valence-corrected chi connectivity index (χ0v) is 8.27. The molecule has 0 saturated carbocycles. The molecule has 1 aliphatic heterocycles. The predicted molar refractivity (Wildman–Crippen MR) is 52.1 cm³/mol. The molecule has 0 fully saturated rings. The molecule has 3 rings (SSSR count). The normalized spacial score (nSPS) is 14.1. The van der Waals surface area contributed by atoms with E-state index in [1.165, 1.54) is 0 Å². The summed E-state index contributed by atoms with van der Waals surface area (Å²) >= 11 is 0. The molecule has 0 radical (unpaired) electrons. The first kappa shape index (κ1) is 8.53. The zero-order chi connectivity index (χ0) is 10.3. The molecule has 0 unspecified atom stereocenters. The summed E-state index contributed by atoms with van der Waals surface area (Å²) in [4.78, 5) is 0. The van der Waals surface area contributed by atoms with E-state index in [2.05, 4.69) is 0 Å². The van der Waals surface area contributed by atoms with Gasteiger partial charge in [-0.05, 0) is 12.1 Å². The van der Waals surface area contributed by atoms with Crippen LogP contribution in [-0.2, 0) is 13.0 Å². The lowest BCUT2D eigenvalue weighted by atomic mass is 10.1. The lowest BCUT2D eigenvalue weighted by Gasteiger charge is -1.98. The standard InChI is InChI=1S/C12H11NO2/c14-12-11(9-5-2-1-3-6-9)13-8-4-7-10(13)15-12/h1-3,5-6H,4,7-8H2. The molecule has 76 valence electrons. The summed E-state index contributed by atoms with van der Waals surface area (Å²) < 4.78 is 7.22. The molecule has 0 bridgehead atoms. The van der Waals surface area contributed by atoms with Crippen LogP contribution in [0, 0.1) is 0 Å². The van der Waals surface area contributed by atoms with E-state index in [0.717, 1.165) is 30.8 Å². The lowest BCUT2D eigenvalue weighted by Crippen LogP contribution is -2.32. The van der Waals surface area contributed by atoms with Gasteiger partial charge in [-0.3, -0.25) is 0 Å². The van der Waals surface area contributed by atoms with Crippen LogP contribution in [0.1, 0.15) is 12.3 Å². The molecule has 3 nitrogen and oxygen atoms in total. The molecule has 1 aromatic carbocycles. The maximum absolute atomic E-state index is 11.7. The van der Waals surface area contributed by atoms with Crippen molar-refractivity contribution in [3.05, 3.63) is 36.2 Å². The third-order valence-corrected chi connectivity index (χ3v) is 2.79. The highest BCUT2D eigenvalue weighted by atomic mass is 16.5. The van der Waals surface area contributed by atoms with Gasteiger partial charge in [0, 0.05) is 18.4 Å². The molecule has 2 heterocycles. The number of benzene rings is 1. The highest BCUT2D eigenvalue weighted by molar-refractivity contribution is 5.59. The van der Waals surface area contributed by atoms with Gasteiger partial charge in [0.15, 0.2) is 6.54 Å². The van der Waals surface area contributed by atoms with Crippen molar-refractivity contribution in [2.45, 2.75) is 19.4 Å². The topological polar surface area (TPSA) is 40.1 Å². The van der Waals surface area contributed by atoms with Gasteiger partial charge in [0.2, 0.25) is 11.6 Å². The van der Waals surface area contributed by atoms with Crippen molar-refractivity contribution in [2.24, 2.45) is 0 Å². The van der Waals surface area contributed by atoms with Crippen LogP contribution in [0.5, 0.6) is 5.95 Å². The van der Waals surface area contributed by atoms with E-state index in [0.29, 0.717) is 5.69 Å². The van der Waals surface area contributed by atoms with Crippen LogP contribution in [0.3, 0.4) is 0 Å². The number of oxazole rings is 1. The second-order valence-electron chi connectivity index (χ2n) is 3.75. The summed E-state index contributed by atoms with van der Waals surface area (Å²) in [5.74, 6) is 0.606. The highest BCUT2D eigenvalue weighted by Gasteiger charge is 2.26. The third-order valence-electron chi connectivity index (χ3n) is 2.79. The van der Waals surface area contributed by atoms with Gasteiger partial charge in [-0.25, -0.2) is 0 Å². The average molecular weight is 201 g/mol. The minimum Gasteiger partial charge on any atom is -0.540 e. The fourth-order valence-electron chi connectivity index (χ4n) is 2.13. The van der Waals surface area contributed by atoms with Crippen molar-refractivity contribution in [2.75, 3.05) is 0 Å². The van der Waals surface area contributed by atoms with Gasteiger partial charge in [-0.1, -0.05) is 18.2 Å². The lowest BCUT2D eigenvalue weighted by molar-refractivity contribution is -0.683. The number of rotatable bonds is 1. The fraction of sp³-hybridized carbons (Fsp3) is 0.250. The SMILES string of the molecule is [O-]c1oc2[n+](c1-c1ccccc1)CCC2. The number of nitrogens with zero attached hydrogens (tertiary/aromatic N) is 1. The van der Waals surface area contributed by atoms with E-state index in [1.807, 2.05) is 34.9 Å². The number of aryl methyl sites for hydroxylation is 1. The van der Waals surface area contributed by atoms with Gasteiger partial charge < -0.3 is 9.52 Å². The Morgan fingerprint density at radius 2 is 2.00 bits per heavy atom. The zero-order valence-electron chi connectivity index (χ0n) is 8.27. The molecule has 3 heteroatoms. The third kappa shape index (κ3) is 1.23. The first-order valence-electron chi connectivity index (χ1n) is 5.14. The summed E-state index contributed by atoms with van der Waals surface area (Å²) in [6.07, 6.45) is 1.95. The van der Waals surface area contributed by atoms with E-state index < -0.39 is 0 Å². The summed E-state index contributed by atoms with van der Waals surface area (Å²) in [5.41, 5.74) is 1.64. The molecule has 0 aliphatic carbocycles. The predicted octanol–water partition coefficient (Wildman–Crippen LogP) is 1.25. The maximum atomic E-state index is 11.7. The van der Waals surface area contributed by atoms with Crippen LogP contribution in [0.4, 0.5) is 0 Å². The Balaban J connectivity index is 2.20. The Morgan fingerprint density at radius 1 is 1.20 bits per heavy atom. The quantitative estimate of drug-likeness (QED) is 0.651. The molecule has 1 aromatic heterocycles. The Bertz CT molecular complexity index is 488. The van der Waals surface area contributed by atoms with Crippen LogP contribution in [-0.4, -0.2) is 0 Å². The summed E-state index contributed by atoms with van der Waals surface area (Å²) in [7, 11) is 0. The molecular weight excluding hydrogens is 190 g/mol. The molecular formula is C12H11NO2. The maximum Gasteiger partial charge on any atom is 0.237 e. The van der Waals surface area contributed by atoms with Crippen LogP contribution < -0.4 is 9.67 Å². The van der Waals surface area contributed by atoms with Crippen molar-refractivity contribution in [1.29, 1.82) is 0 Å². The number of hydrogen-bond donors (Lipinski definition) is 0. The molecule has 0 saturated heterocycles. The van der Waals surface area contributed by atoms with E-state index in [-0.39, 0.29) is 5.95 Å².